The number of nitrogens with one attached hydrogen (secondary N) is 1. The minimum absolute atomic E-state index is 0.217. The van der Waals surface area contributed by atoms with Crippen molar-refractivity contribution < 1.29 is 0 Å². The van der Waals surface area contributed by atoms with Gasteiger partial charge in [0.1, 0.15) is 0 Å². The van der Waals surface area contributed by atoms with Crippen LogP contribution in [0.1, 0.15) is 38.4 Å². The Balaban J connectivity index is 2.80. The van der Waals surface area contributed by atoms with Crippen LogP contribution < -0.4 is 5.32 Å². The molecule has 0 saturated carbocycles. The lowest BCUT2D eigenvalue weighted by molar-refractivity contribution is 0.141. The van der Waals surface area contributed by atoms with Gasteiger partial charge >= 0.3 is 0 Å². The van der Waals surface area contributed by atoms with Crippen molar-refractivity contribution in [3.63, 3.8) is 0 Å². The van der Waals surface area contributed by atoms with Crippen LogP contribution in [0.25, 0.3) is 0 Å². The molecule has 1 rings (SSSR count). The Labute approximate surface area is 105 Å². The zero-order chi connectivity index (χ0) is 12.9. The summed E-state index contributed by atoms with van der Waals surface area (Å²) in [4.78, 5) is 6.87. The second kappa shape index (κ2) is 6.12. The first kappa shape index (κ1) is 14.1. The molecule has 3 nitrogen and oxygen atoms in total. The molecule has 0 aliphatic carbocycles. The molecule has 3 heteroatoms. The largest absolute Gasteiger partial charge is 0.316 e. The highest BCUT2D eigenvalue weighted by atomic mass is 15.2. The van der Waals surface area contributed by atoms with Crippen LogP contribution in [-0.2, 0) is 13.1 Å². The van der Waals surface area contributed by atoms with Crippen LogP contribution in [0.4, 0.5) is 0 Å². The summed E-state index contributed by atoms with van der Waals surface area (Å²) in [6, 6.07) is 4.15. The molecule has 0 aromatic carbocycles. The Morgan fingerprint density at radius 3 is 2.71 bits per heavy atom. The van der Waals surface area contributed by atoms with Crippen LogP contribution in [-0.4, -0.2) is 29.5 Å². The van der Waals surface area contributed by atoms with Crippen molar-refractivity contribution in [1.29, 1.82) is 0 Å². The van der Waals surface area contributed by atoms with E-state index in [0.29, 0.717) is 0 Å². The molecular formula is C14H25N3. The summed E-state index contributed by atoms with van der Waals surface area (Å²) in [6.07, 6.45) is 3.01. The van der Waals surface area contributed by atoms with Crippen molar-refractivity contribution in [2.75, 3.05) is 14.1 Å². The number of rotatable bonds is 6. The number of hydrogen-bond acceptors (Lipinski definition) is 3. The van der Waals surface area contributed by atoms with Gasteiger partial charge < -0.3 is 5.32 Å². The Morgan fingerprint density at radius 1 is 1.41 bits per heavy atom. The second-order valence-corrected chi connectivity index (χ2v) is 5.16. The van der Waals surface area contributed by atoms with E-state index in [-0.39, 0.29) is 5.54 Å². The SMILES string of the molecule is CCC(C)(C)N(C)Cc1ncccc1CNC. The second-order valence-electron chi connectivity index (χ2n) is 5.16. The van der Waals surface area contributed by atoms with Gasteiger partial charge in [0.15, 0.2) is 0 Å². The average Bonchev–Trinajstić information content (AvgIpc) is 2.32. The molecule has 1 aromatic rings. The van der Waals surface area contributed by atoms with E-state index in [1.54, 1.807) is 0 Å². The molecule has 0 aliphatic rings. The van der Waals surface area contributed by atoms with Gasteiger partial charge in [-0.15, -0.1) is 0 Å². The van der Waals surface area contributed by atoms with Crippen molar-refractivity contribution >= 4 is 0 Å². The van der Waals surface area contributed by atoms with Gasteiger partial charge in [0.2, 0.25) is 0 Å². The third kappa shape index (κ3) is 3.79. The summed E-state index contributed by atoms with van der Waals surface area (Å²) < 4.78 is 0. The summed E-state index contributed by atoms with van der Waals surface area (Å²) in [5, 5.41) is 3.19. The molecule has 1 N–H and O–H groups in total. The highest BCUT2D eigenvalue weighted by Gasteiger charge is 2.21. The Bertz CT molecular complexity index is 347. The molecule has 0 saturated heterocycles. The van der Waals surface area contributed by atoms with Gasteiger partial charge in [-0.2, -0.15) is 0 Å². The van der Waals surface area contributed by atoms with E-state index >= 15 is 0 Å². The fraction of sp³-hybridized carbons (Fsp3) is 0.643. The summed E-state index contributed by atoms with van der Waals surface area (Å²) in [5.74, 6) is 0. The van der Waals surface area contributed by atoms with E-state index in [2.05, 4.69) is 49.1 Å². The third-order valence-electron chi connectivity index (χ3n) is 3.64. The van der Waals surface area contributed by atoms with E-state index in [1.165, 1.54) is 11.3 Å². The maximum atomic E-state index is 4.50. The molecule has 96 valence electrons. The lowest BCUT2D eigenvalue weighted by Gasteiger charge is -2.34. The molecule has 0 atom stereocenters. The Morgan fingerprint density at radius 2 is 2.12 bits per heavy atom. The molecule has 0 fully saturated rings. The predicted octanol–water partition coefficient (Wildman–Crippen LogP) is 2.42. The molecule has 1 aromatic heterocycles. The summed E-state index contributed by atoms with van der Waals surface area (Å²) in [6.45, 7) is 8.55. The Hall–Kier alpha value is -0.930. The van der Waals surface area contributed by atoms with Crippen LogP contribution in [0.5, 0.6) is 0 Å². The minimum Gasteiger partial charge on any atom is -0.316 e. The zero-order valence-corrected chi connectivity index (χ0v) is 11.7. The fourth-order valence-corrected chi connectivity index (χ4v) is 1.67. The lowest BCUT2D eigenvalue weighted by atomic mass is 9.99. The number of nitrogens with zero attached hydrogens (tertiary/aromatic N) is 2. The van der Waals surface area contributed by atoms with Crippen molar-refractivity contribution in [3.8, 4) is 0 Å². The molecule has 0 amide bonds. The van der Waals surface area contributed by atoms with Crippen molar-refractivity contribution in [1.82, 2.24) is 15.2 Å². The molecule has 0 bridgehead atoms. The van der Waals surface area contributed by atoms with E-state index in [1.807, 2.05) is 19.3 Å². The molecule has 0 radical (unpaired) electrons. The molecule has 0 unspecified atom stereocenters. The van der Waals surface area contributed by atoms with E-state index < -0.39 is 0 Å². The zero-order valence-electron chi connectivity index (χ0n) is 11.7. The van der Waals surface area contributed by atoms with Gasteiger partial charge in [-0.1, -0.05) is 13.0 Å². The van der Waals surface area contributed by atoms with Crippen LogP contribution >= 0.6 is 0 Å². The summed E-state index contributed by atoms with van der Waals surface area (Å²) in [5.41, 5.74) is 2.67. The molecule has 0 aliphatic heterocycles. The first-order valence-electron chi connectivity index (χ1n) is 6.30. The van der Waals surface area contributed by atoms with Gasteiger partial charge in [0.05, 0.1) is 5.69 Å². The molecular weight excluding hydrogens is 210 g/mol. The fourth-order valence-electron chi connectivity index (χ4n) is 1.67. The van der Waals surface area contributed by atoms with Gasteiger partial charge in [-0.25, -0.2) is 0 Å². The normalized spacial score (nSPS) is 12.1. The van der Waals surface area contributed by atoms with Gasteiger partial charge in [-0.3, -0.25) is 9.88 Å². The van der Waals surface area contributed by atoms with E-state index in [4.69, 9.17) is 0 Å². The Kier molecular flexibility index (Phi) is 5.09. The van der Waals surface area contributed by atoms with Crippen LogP contribution in [0.15, 0.2) is 18.3 Å². The minimum atomic E-state index is 0.217. The first-order valence-corrected chi connectivity index (χ1v) is 6.30. The monoisotopic (exact) mass is 235 g/mol. The van der Waals surface area contributed by atoms with E-state index in [9.17, 15) is 0 Å². The molecule has 17 heavy (non-hydrogen) atoms. The molecule has 1 heterocycles. The van der Waals surface area contributed by atoms with Gasteiger partial charge in [0.25, 0.3) is 0 Å². The maximum Gasteiger partial charge on any atom is 0.0588 e. The van der Waals surface area contributed by atoms with Crippen LogP contribution in [0.2, 0.25) is 0 Å². The van der Waals surface area contributed by atoms with Crippen LogP contribution in [0.3, 0.4) is 0 Å². The third-order valence-corrected chi connectivity index (χ3v) is 3.64. The van der Waals surface area contributed by atoms with E-state index in [0.717, 1.165) is 19.5 Å². The highest BCUT2D eigenvalue weighted by molar-refractivity contribution is 5.19. The average molecular weight is 235 g/mol. The summed E-state index contributed by atoms with van der Waals surface area (Å²) in [7, 11) is 4.14. The van der Waals surface area contributed by atoms with Crippen molar-refractivity contribution in [2.45, 2.75) is 45.8 Å². The quantitative estimate of drug-likeness (QED) is 0.821. The number of hydrogen-bond donors (Lipinski definition) is 1. The predicted molar refractivity (Wildman–Crippen MR) is 72.8 cm³/mol. The summed E-state index contributed by atoms with van der Waals surface area (Å²) >= 11 is 0. The van der Waals surface area contributed by atoms with Crippen molar-refractivity contribution in [3.05, 3.63) is 29.6 Å². The lowest BCUT2D eigenvalue weighted by Crippen LogP contribution is -2.40. The first-order chi connectivity index (χ1) is 8.01. The van der Waals surface area contributed by atoms with Gasteiger partial charge in [-0.05, 0) is 46.0 Å². The highest BCUT2D eigenvalue weighted by Crippen LogP contribution is 2.19. The standard InChI is InChI=1S/C14H25N3/c1-6-14(2,3)17(5)11-13-12(10-15-4)8-7-9-16-13/h7-9,15H,6,10-11H2,1-5H3. The topological polar surface area (TPSA) is 28.2 Å². The van der Waals surface area contributed by atoms with Crippen LogP contribution in [0, 0.1) is 0 Å². The van der Waals surface area contributed by atoms with Gasteiger partial charge in [0, 0.05) is 24.8 Å². The smallest absolute Gasteiger partial charge is 0.0588 e. The molecule has 0 spiro atoms. The number of aromatic nitrogens is 1. The maximum absolute atomic E-state index is 4.50. The van der Waals surface area contributed by atoms with Crippen molar-refractivity contribution in [2.24, 2.45) is 0 Å². The number of pyridine rings is 1.